The summed E-state index contributed by atoms with van der Waals surface area (Å²) in [5.41, 5.74) is 0.982. The first-order valence-corrected chi connectivity index (χ1v) is 7.42. The lowest BCUT2D eigenvalue weighted by atomic mass is 9.96. The first kappa shape index (κ1) is 14.3. The van der Waals surface area contributed by atoms with E-state index in [1.54, 1.807) is 16.2 Å². The normalized spacial score (nSPS) is 23.5. The smallest absolute Gasteiger partial charge is 0.317 e. The maximum Gasteiger partial charge on any atom is 0.317 e. The van der Waals surface area contributed by atoms with Crippen molar-refractivity contribution in [3.63, 3.8) is 0 Å². The van der Waals surface area contributed by atoms with Crippen LogP contribution in [0.2, 0.25) is 0 Å². The third-order valence-electron chi connectivity index (χ3n) is 3.61. The quantitative estimate of drug-likeness (QED) is 0.868. The van der Waals surface area contributed by atoms with E-state index in [1.165, 1.54) is 0 Å². The van der Waals surface area contributed by atoms with Gasteiger partial charge in [0.1, 0.15) is 0 Å². The Morgan fingerprint density at radius 2 is 2.32 bits per heavy atom. The maximum absolute atomic E-state index is 12.0. The van der Waals surface area contributed by atoms with Gasteiger partial charge in [0.2, 0.25) is 0 Å². The van der Waals surface area contributed by atoms with Crippen molar-refractivity contribution in [1.82, 2.24) is 15.2 Å². The number of carbonyl (C=O) groups is 1. The molecule has 6 heteroatoms. The third-order valence-corrected chi connectivity index (χ3v) is 4.68. The molecule has 0 spiro atoms. The molecule has 2 unspecified atom stereocenters. The molecule has 0 bridgehead atoms. The van der Waals surface area contributed by atoms with Gasteiger partial charge >= 0.3 is 6.03 Å². The monoisotopic (exact) mass is 283 g/mol. The minimum Gasteiger partial charge on any atom is -0.391 e. The number of aromatic nitrogens is 1. The van der Waals surface area contributed by atoms with Gasteiger partial charge in [0.25, 0.3) is 0 Å². The number of thiazole rings is 1. The van der Waals surface area contributed by atoms with Crippen LogP contribution in [0.1, 0.15) is 28.9 Å². The van der Waals surface area contributed by atoms with Gasteiger partial charge in [0.05, 0.1) is 23.4 Å². The van der Waals surface area contributed by atoms with Crippen molar-refractivity contribution in [1.29, 1.82) is 0 Å². The predicted molar refractivity (Wildman–Crippen MR) is 75.2 cm³/mol. The molecule has 0 saturated carbocycles. The number of hydrogen-bond acceptors (Lipinski definition) is 4. The molecule has 1 aliphatic rings. The lowest BCUT2D eigenvalue weighted by Gasteiger charge is -2.34. The zero-order valence-corrected chi connectivity index (χ0v) is 12.5. The molecule has 1 saturated heterocycles. The number of aliphatic hydroxyl groups excluding tert-OH is 1. The first-order valence-electron chi connectivity index (χ1n) is 6.61. The SMILES string of the molecule is Cc1nc(C)c(CNC(=O)N2CCC(C)C(O)C2)s1. The van der Waals surface area contributed by atoms with Crippen molar-refractivity contribution < 1.29 is 9.90 Å². The summed E-state index contributed by atoms with van der Waals surface area (Å²) in [6.07, 6.45) is 0.444. The van der Waals surface area contributed by atoms with Gasteiger partial charge in [-0.05, 0) is 26.2 Å². The number of urea groups is 1. The van der Waals surface area contributed by atoms with Crippen molar-refractivity contribution in [3.8, 4) is 0 Å². The molecular weight excluding hydrogens is 262 g/mol. The second kappa shape index (κ2) is 5.88. The van der Waals surface area contributed by atoms with Crippen molar-refractivity contribution in [2.75, 3.05) is 13.1 Å². The Bertz CT molecular complexity index is 461. The fourth-order valence-corrected chi connectivity index (χ4v) is 3.12. The van der Waals surface area contributed by atoms with Crippen LogP contribution in [0.4, 0.5) is 4.79 Å². The van der Waals surface area contributed by atoms with Gasteiger partial charge in [-0.2, -0.15) is 0 Å². The molecule has 2 heterocycles. The standard InChI is InChI=1S/C13H21N3O2S/c1-8-4-5-16(7-11(8)17)13(18)14-6-12-9(2)15-10(3)19-12/h8,11,17H,4-7H2,1-3H3,(H,14,18). The molecule has 1 aromatic rings. The summed E-state index contributed by atoms with van der Waals surface area (Å²) in [6.45, 7) is 7.59. The van der Waals surface area contributed by atoms with Crippen LogP contribution in [0.25, 0.3) is 0 Å². The largest absolute Gasteiger partial charge is 0.391 e. The van der Waals surface area contributed by atoms with E-state index < -0.39 is 6.10 Å². The highest BCUT2D eigenvalue weighted by Crippen LogP contribution is 2.18. The average Bonchev–Trinajstić information content (AvgIpc) is 2.68. The second-order valence-corrected chi connectivity index (χ2v) is 6.47. The van der Waals surface area contributed by atoms with Crippen LogP contribution in [-0.4, -0.2) is 40.2 Å². The summed E-state index contributed by atoms with van der Waals surface area (Å²) in [7, 11) is 0. The number of piperidine rings is 1. The number of likely N-dealkylation sites (tertiary alicyclic amines) is 1. The molecule has 0 aliphatic carbocycles. The molecule has 2 atom stereocenters. The summed E-state index contributed by atoms with van der Waals surface area (Å²) in [5.74, 6) is 0.274. The summed E-state index contributed by atoms with van der Waals surface area (Å²) >= 11 is 1.61. The Balaban J connectivity index is 1.86. The fourth-order valence-electron chi connectivity index (χ4n) is 2.24. The zero-order valence-electron chi connectivity index (χ0n) is 11.6. The minimum absolute atomic E-state index is 0.101. The van der Waals surface area contributed by atoms with Crippen molar-refractivity contribution in [3.05, 3.63) is 15.6 Å². The zero-order chi connectivity index (χ0) is 14.0. The van der Waals surface area contributed by atoms with E-state index >= 15 is 0 Å². The van der Waals surface area contributed by atoms with Crippen molar-refractivity contribution in [2.45, 2.75) is 39.8 Å². The number of β-amino-alcohol motifs (C(OH)–C–C–N with tert-alkyl or cyclic N) is 1. The summed E-state index contributed by atoms with van der Waals surface area (Å²) in [5, 5.41) is 13.7. The van der Waals surface area contributed by atoms with E-state index in [-0.39, 0.29) is 11.9 Å². The number of nitrogens with one attached hydrogen (secondary N) is 1. The molecule has 5 nitrogen and oxygen atoms in total. The van der Waals surface area contributed by atoms with Crippen LogP contribution in [0, 0.1) is 19.8 Å². The molecule has 0 radical (unpaired) electrons. The molecule has 106 valence electrons. The van der Waals surface area contributed by atoms with Gasteiger partial charge in [0, 0.05) is 18.0 Å². The molecule has 0 aromatic carbocycles. The van der Waals surface area contributed by atoms with E-state index in [9.17, 15) is 9.90 Å². The molecule has 1 aliphatic heterocycles. The lowest BCUT2D eigenvalue weighted by molar-refractivity contribution is 0.0435. The average molecular weight is 283 g/mol. The highest BCUT2D eigenvalue weighted by molar-refractivity contribution is 7.11. The third kappa shape index (κ3) is 3.45. The van der Waals surface area contributed by atoms with Crippen LogP contribution >= 0.6 is 11.3 Å². The van der Waals surface area contributed by atoms with Crippen LogP contribution < -0.4 is 5.32 Å². The van der Waals surface area contributed by atoms with Gasteiger partial charge in [-0.15, -0.1) is 11.3 Å². The minimum atomic E-state index is -0.410. The fraction of sp³-hybridized carbons (Fsp3) is 0.692. The molecule has 2 amide bonds. The summed E-state index contributed by atoms with van der Waals surface area (Å²) in [6, 6.07) is -0.101. The van der Waals surface area contributed by atoms with Crippen LogP contribution in [0.15, 0.2) is 0 Å². The van der Waals surface area contributed by atoms with E-state index in [0.717, 1.165) is 22.0 Å². The van der Waals surface area contributed by atoms with Gasteiger partial charge < -0.3 is 15.3 Å². The van der Waals surface area contributed by atoms with E-state index in [1.807, 2.05) is 20.8 Å². The summed E-state index contributed by atoms with van der Waals surface area (Å²) < 4.78 is 0. The van der Waals surface area contributed by atoms with Crippen LogP contribution in [0.3, 0.4) is 0 Å². The van der Waals surface area contributed by atoms with Crippen molar-refractivity contribution in [2.24, 2.45) is 5.92 Å². The molecule has 2 N–H and O–H groups in total. The van der Waals surface area contributed by atoms with Gasteiger partial charge in [-0.3, -0.25) is 0 Å². The highest BCUT2D eigenvalue weighted by Gasteiger charge is 2.27. The predicted octanol–water partition coefficient (Wildman–Crippen LogP) is 1.67. The topological polar surface area (TPSA) is 65.5 Å². The van der Waals surface area contributed by atoms with Crippen LogP contribution in [-0.2, 0) is 6.54 Å². The molecule has 19 heavy (non-hydrogen) atoms. The molecule has 2 rings (SSSR count). The van der Waals surface area contributed by atoms with Gasteiger partial charge in [0.15, 0.2) is 0 Å². The Morgan fingerprint density at radius 3 is 2.89 bits per heavy atom. The number of aliphatic hydroxyl groups is 1. The van der Waals surface area contributed by atoms with E-state index in [2.05, 4.69) is 10.3 Å². The number of rotatable bonds is 2. The molecular formula is C13H21N3O2S. The summed E-state index contributed by atoms with van der Waals surface area (Å²) in [4.78, 5) is 19.1. The number of nitrogens with zero attached hydrogens (tertiary/aromatic N) is 2. The number of aryl methyl sites for hydroxylation is 2. The lowest BCUT2D eigenvalue weighted by Crippen LogP contribution is -2.49. The van der Waals surface area contributed by atoms with E-state index in [0.29, 0.717) is 19.6 Å². The van der Waals surface area contributed by atoms with Gasteiger partial charge in [-0.25, -0.2) is 9.78 Å². The Morgan fingerprint density at radius 1 is 1.58 bits per heavy atom. The number of hydrogen-bond donors (Lipinski definition) is 2. The number of amides is 2. The van der Waals surface area contributed by atoms with Crippen molar-refractivity contribution >= 4 is 17.4 Å². The molecule has 1 fully saturated rings. The highest BCUT2D eigenvalue weighted by atomic mass is 32.1. The van der Waals surface area contributed by atoms with Crippen LogP contribution in [0.5, 0.6) is 0 Å². The Hall–Kier alpha value is -1.14. The molecule has 1 aromatic heterocycles. The van der Waals surface area contributed by atoms with E-state index in [4.69, 9.17) is 0 Å². The Labute approximate surface area is 117 Å². The maximum atomic E-state index is 12.0. The van der Waals surface area contributed by atoms with Gasteiger partial charge in [-0.1, -0.05) is 6.92 Å². The number of carbonyl (C=O) groups excluding carboxylic acids is 1. The second-order valence-electron chi connectivity index (χ2n) is 5.18. The first-order chi connectivity index (χ1) is 8.97. The Kier molecular flexibility index (Phi) is 4.42.